The number of H-pyrrole nitrogens is 1. The number of amides is 1. The Morgan fingerprint density at radius 2 is 1.96 bits per heavy atom. The van der Waals surface area contributed by atoms with E-state index in [0.717, 1.165) is 11.0 Å². The third-order valence-electron chi connectivity index (χ3n) is 4.17. The fraction of sp³-hybridized carbons (Fsp3) is 0.529. The molecule has 2 aromatic rings. The number of aromatic nitrogens is 2. The van der Waals surface area contributed by atoms with E-state index < -0.39 is 5.60 Å². The molecule has 1 aromatic heterocycles. The summed E-state index contributed by atoms with van der Waals surface area (Å²) in [4.78, 5) is 29.0. The second kappa shape index (κ2) is 6.16. The number of imidazole rings is 1. The molecule has 1 fully saturated rings. The van der Waals surface area contributed by atoms with Gasteiger partial charge in [0.05, 0.1) is 16.1 Å². The fourth-order valence-corrected chi connectivity index (χ4v) is 3.39. The van der Waals surface area contributed by atoms with Crippen LogP contribution in [0.15, 0.2) is 23.0 Å². The maximum absolute atomic E-state index is 12.3. The average Bonchev–Trinajstić information content (AvgIpc) is 2.83. The van der Waals surface area contributed by atoms with Crippen LogP contribution in [0.3, 0.4) is 0 Å². The number of nitrogens with zero attached hydrogens (tertiary/aromatic N) is 2. The van der Waals surface area contributed by atoms with Crippen molar-refractivity contribution in [2.45, 2.75) is 45.3 Å². The van der Waals surface area contributed by atoms with Crippen molar-refractivity contribution in [1.82, 2.24) is 14.5 Å². The van der Waals surface area contributed by atoms with Crippen LogP contribution in [-0.4, -0.2) is 39.2 Å². The highest BCUT2D eigenvalue weighted by molar-refractivity contribution is 6.34. The first kappa shape index (κ1) is 16.9. The first-order valence-electron chi connectivity index (χ1n) is 8.13. The summed E-state index contributed by atoms with van der Waals surface area (Å²) in [6.45, 7) is 6.67. The lowest BCUT2D eigenvalue weighted by Crippen LogP contribution is -2.43. The molecule has 1 aromatic carbocycles. The van der Waals surface area contributed by atoms with E-state index in [1.54, 1.807) is 15.5 Å². The van der Waals surface area contributed by atoms with Crippen molar-refractivity contribution >= 4 is 28.7 Å². The Labute approximate surface area is 145 Å². The number of nitrogens with one attached hydrogen (secondary N) is 1. The van der Waals surface area contributed by atoms with Gasteiger partial charge < -0.3 is 14.6 Å². The van der Waals surface area contributed by atoms with Gasteiger partial charge in [-0.15, -0.1) is 0 Å². The standard InChI is InChI=1S/C17H22ClN3O3/c1-17(2,3)24-16(23)20-9-7-11(8-10-20)21-14-12(18)5-4-6-13(14)19-15(21)22/h4-6,11H,7-10H2,1-3H3,(H,19,22). The number of rotatable bonds is 1. The Morgan fingerprint density at radius 3 is 2.58 bits per heavy atom. The maximum atomic E-state index is 12.3. The molecule has 1 N–H and O–H groups in total. The summed E-state index contributed by atoms with van der Waals surface area (Å²) in [6, 6.07) is 5.46. The van der Waals surface area contributed by atoms with Crippen LogP contribution < -0.4 is 5.69 Å². The number of aromatic amines is 1. The van der Waals surface area contributed by atoms with Gasteiger partial charge in [-0.3, -0.25) is 4.57 Å². The molecule has 0 unspecified atom stereocenters. The van der Waals surface area contributed by atoms with Crippen LogP contribution in [0.1, 0.15) is 39.7 Å². The second-order valence-corrected chi connectivity index (χ2v) is 7.54. The van der Waals surface area contributed by atoms with E-state index in [1.807, 2.05) is 32.9 Å². The molecule has 1 saturated heterocycles. The monoisotopic (exact) mass is 351 g/mol. The van der Waals surface area contributed by atoms with Crippen molar-refractivity contribution in [3.63, 3.8) is 0 Å². The normalized spacial score (nSPS) is 16.6. The number of para-hydroxylation sites is 1. The van der Waals surface area contributed by atoms with E-state index >= 15 is 0 Å². The molecule has 7 heteroatoms. The zero-order valence-corrected chi connectivity index (χ0v) is 14.9. The number of carbonyl (C=O) groups excluding carboxylic acids is 1. The van der Waals surface area contributed by atoms with Crippen molar-refractivity contribution < 1.29 is 9.53 Å². The van der Waals surface area contributed by atoms with Crippen LogP contribution in [0.4, 0.5) is 4.79 Å². The van der Waals surface area contributed by atoms with Crippen molar-refractivity contribution in [1.29, 1.82) is 0 Å². The molecule has 1 aliphatic heterocycles. The van der Waals surface area contributed by atoms with Gasteiger partial charge >= 0.3 is 11.8 Å². The summed E-state index contributed by atoms with van der Waals surface area (Å²) in [5, 5.41) is 0.556. The summed E-state index contributed by atoms with van der Waals surface area (Å²) < 4.78 is 7.13. The molecule has 0 saturated carbocycles. The summed E-state index contributed by atoms with van der Waals surface area (Å²) in [5.74, 6) is 0. The highest BCUT2D eigenvalue weighted by Gasteiger charge is 2.29. The van der Waals surface area contributed by atoms with Gasteiger partial charge in [-0.2, -0.15) is 0 Å². The average molecular weight is 352 g/mol. The van der Waals surface area contributed by atoms with Gasteiger partial charge in [-0.25, -0.2) is 9.59 Å². The first-order chi connectivity index (χ1) is 11.3. The Kier molecular flexibility index (Phi) is 4.34. The minimum absolute atomic E-state index is 0.0184. The number of fused-ring (bicyclic) bond motifs is 1. The molecule has 0 atom stereocenters. The van der Waals surface area contributed by atoms with Gasteiger partial charge in [-0.1, -0.05) is 17.7 Å². The minimum Gasteiger partial charge on any atom is -0.444 e. The van der Waals surface area contributed by atoms with Crippen LogP contribution in [0.5, 0.6) is 0 Å². The van der Waals surface area contributed by atoms with Crippen LogP contribution in [0, 0.1) is 0 Å². The lowest BCUT2D eigenvalue weighted by Gasteiger charge is -2.33. The zero-order chi connectivity index (χ0) is 17.5. The topological polar surface area (TPSA) is 67.3 Å². The summed E-state index contributed by atoms with van der Waals surface area (Å²) in [5.41, 5.74) is 0.811. The van der Waals surface area contributed by atoms with E-state index in [9.17, 15) is 9.59 Å². The van der Waals surface area contributed by atoms with Crippen LogP contribution >= 0.6 is 11.6 Å². The number of hydrogen-bond donors (Lipinski definition) is 1. The van der Waals surface area contributed by atoms with E-state index in [-0.39, 0.29) is 17.8 Å². The molecule has 6 nitrogen and oxygen atoms in total. The van der Waals surface area contributed by atoms with Crippen LogP contribution in [0.25, 0.3) is 11.0 Å². The minimum atomic E-state index is -0.505. The predicted octanol–water partition coefficient (Wildman–Crippen LogP) is 3.56. The Morgan fingerprint density at radius 1 is 1.29 bits per heavy atom. The fourth-order valence-electron chi connectivity index (χ4n) is 3.12. The van der Waals surface area contributed by atoms with E-state index in [4.69, 9.17) is 16.3 Å². The molecule has 0 aliphatic carbocycles. The largest absolute Gasteiger partial charge is 0.444 e. The molecule has 2 heterocycles. The molecule has 3 rings (SSSR count). The third kappa shape index (κ3) is 3.29. The summed E-state index contributed by atoms with van der Waals surface area (Å²) in [7, 11) is 0. The predicted molar refractivity (Wildman–Crippen MR) is 93.6 cm³/mol. The molecule has 130 valence electrons. The SMILES string of the molecule is CC(C)(C)OC(=O)N1CCC(n2c(=O)[nH]c3cccc(Cl)c32)CC1. The molecule has 1 amide bonds. The molecule has 0 radical (unpaired) electrons. The smallest absolute Gasteiger partial charge is 0.410 e. The molecule has 0 bridgehead atoms. The van der Waals surface area contributed by atoms with Crippen molar-refractivity contribution in [3.05, 3.63) is 33.7 Å². The van der Waals surface area contributed by atoms with Crippen molar-refractivity contribution in [2.75, 3.05) is 13.1 Å². The van der Waals surface area contributed by atoms with E-state index in [2.05, 4.69) is 4.98 Å². The van der Waals surface area contributed by atoms with Crippen LogP contribution in [0.2, 0.25) is 5.02 Å². The highest BCUT2D eigenvalue weighted by Crippen LogP contribution is 2.29. The Hall–Kier alpha value is -1.95. The molecular formula is C17H22ClN3O3. The van der Waals surface area contributed by atoms with E-state index in [0.29, 0.717) is 31.0 Å². The first-order valence-corrected chi connectivity index (χ1v) is 8.51. The molecule has 0 spiro atoms. The van der Waals surface area contributed by atoms with Gasteiger partial charge in [0.25, 0.3) is 0 Å². The highest BCUT2D eigenvalue weighted by atomic mass is 35.5. The van der Waals surface area contributed by atoms with E-state index in [1.165, 1.54) is 0 Å². The Bertz CT molecular complexity index is 811. The Balaban J connectivity index is 1.77. The van der Waals surface area contributed by atoms with Crippen molar-refractivity contribution in [3.8, 4) is 0 Å². The van der Waals surface area contributed by atoms with Gasteiger partial charge in [0.1, 0.15) is 5.60 Å². The number of ether oxygens (including phenoxy) is 1. The second-order valence-electron chi connectivity index (χ2n) is 7.13. The number of piperidine rings is 1. The molecule has 24 heavy (non-hydrogen) atoms. The molecule has 1 aliphatic rings. The van der Waals surface area contributed by atoms with Gasteiger partial charge in [0.15, 0.2) is 0 Å². The van der Waals surface area contributed by atoms with Gasteiger partial charge in [-0.05, 0) is 45.7 Å². The van der Waals surface area contributed by atoms with Gasteiger partial charge in [0.2, 0.25) is 0 Å². The van der Waals surface area contributed by atoms with Gasteiger partial charge in [0, 0.05) is 19.1 Å². The number of halogens is 1. The van der Waals surface area contributed by atoms with Crippen LogP contribution in [-0.2, 0) is 4.74 Å². The summed E-state index contributed by atoms with van der Waals surface area (Å²) in [6.07, 6.45) is 1.08. The number of hydrogen-bond acceptors (Lipinski definition) is 3. The third-order valence-corrected chi connectivity index (χ3v) is 4.47. The number of benzene rings is 1. The summed E-state index contributed by atoms with van der Waals surface area (Å²) >= 11 is 6.28. The lowest BCUT2D eigenvalue weighted by molar-refractivity contribution is 0.0189. The molecular weight excluding hydrogens is 330 g/mol. The maximum Gasteiger partial charge on any atom is 0.410 e. The van der Waals surface area contributed by atoms with Crippen molar-refractivity contribution in [2.24, 2.45) is 0 Å². The quantitative estimate of drug-likeness (QED) is 0.854. The lowest BCUT2D eigenvalue weighted by atomic mass is 10.0. The number of likely N-dealkylation sites (tertiary alicyclic amines) is 1. The number of carbonyl (C=O) groups is 1. The zero-order valence-electron chi connectivity index (χ0n) is 14.1.